The van der Waals surface area contributed by atoms with Gasteiger partial charge in [0.25, 0.3) is 0 Å². The molecule has 132 valence electrons. The van der Waals surface area contributed by atoms with E-state index in [4.69, 9.17) is 5.11 Å². The first-order valence-electron chi connectivity index (χ1n) is 8.19. The van der Waals surface area contributed by atoms with Gasteiger partial charge in [0.05, 0.1) is 23.0 Å². The molecule has 0 saturated carbocycles. The van der Waals surface area contributed by atoms with E-state index in [1.165, 1.54) is 23.5 Å². The first-order chi connectivity index (χ1) is 12.0. The van der Waals surface area contributed by atoms with Crippen LogP contribution in [0.3, 0.4) is 0 Å². The Morgan fingerprint density at radius 2 is 2.08 bits per heavy atom. The van der Waals surface area contributed by atoms with Gasteiger partial charge in [-0.05, 0) is 30.5 Å². The molecule has 1 aromatic heterocycles. The molecule has 1 amide bonds. The zero-order valence-electron chi connectivity index (χ0n) is 13.7. The highest BCUT2D eigenvalue weighted by molar-refractivity contribution is 7.09. The van der Waals surface area contributed by atoms with Crippen molar-refractivity contribution in [3.05, 3.63) is 51.7 Å². The van der Waals surface area contributed by atoms with Gasteiger partial charge in [-0.25, -0.2) is 9.37 Å². The molecule has 0 aliphatic carbocycles. The second kappa shape index (κ2) is 7.74. The van der Waals surface area contributed by atoms with E-state index >= 15 is 0 Å². The average Bonchev–Trinajstić information content (AvgIpc) is 3.04. The number of rotatable bonds is 5. The maximum Gasteiger partial charge on any atom is 0.308 e. The van der Waals surface area contributed by atoms with E-state index in [0.29, 0.717) is 25.1 Å². The average molecular weight is 362 g/mol. The maximum atomic E-state index is 12.9. The van der Waals surface area contributed by atoms with E-state index in [-0.39, 0.29) is 24.7 Å². The molecule has 25 heavy (non-hydrogen) atoms. The second-order valence-corrected chi connectivity index (χ2v) is 7.17. The molecule has 0 unspecified atom stereocenters. The molecule has 1 aliphatic rings. The van der Waals surface area contributed by atoms with Crippen LogP contribution in [0.5, 0.6) is 0 Å². The monoisotopic (exact) mass is 362 g/mol. The predicted octanol–water partition coefficient (Wildman–Crippen LogP) is 2.74. The van der Waals surface area contributed by atoms with Crippen LogP contribution < -0.4 is 0 Å². The zero-order chi connectivity index (χ0) is 17.8. The van der Waals surface area contributed by atoms with Gasteiger partial charge in [-0.1, -0.05) is 12.1 Å². The van der Waals surface area contributed by atoms with Crippen molar-refractivity contribution in [2.45, 2.75) is 25.7 Å². The Balaban J connectivity index is 1.58. The first kappa shape index (κ1) is 17.5. The van der Waals surface area contributed by atoms with Gasteiger partial charge in [-0.15, -0.1) is 11.3 Å². The quantitative estimate of drug-likeness (QED) is 0.888. The van der Waals surface area contributed by atoms with Crippen molar-refractivity contribution in [1.82, 2.24) is 9.88 Å². The Hall–Kier alpha value is -2.28. The number of aliphatic carboxylic acids is 1. The van der Waals surface area contributed by atoms with Gasteiger partial charge in [-0.3, -0.25) is 9.59 Å². The number of nitrogens with zero attached hydrogens (tertiary/aromatic N) is 2. The van der Waals surface area contributed by atoms with E-state index in [0.717, 1.165) is 17.0 Å². The summed E-state index contributed by atoms with van der Waals surface area (Å²) >= 11 is 1.47. The molecule has 0 bridgehead atoms. The Morgan fingerprint density at radius 3 is 2.80 bits per heavy atom. The number of likely N-dealkylation sites (tertiary alicyclic amines) is 1. The Kier molecular flexibility index (Phi) is 5.43. The largest absolute Gasteiger partial charge is 0.481 e. The smallest absolute Gasteiger partial charge is 0.308 e. The number of amides is 1. The summed E-state index contributed by atoms with van der Waals surface area (Å²) in [5, 5.41) is 11.8. The molecule has 3 rings (SSSR count). The van der Waals surface area contributed by atoms with Gasteiger partial charge in [-0.2, -0.15) is 0 Å². The van der Waals surface area contributed by atoms with E-state index < -0.39 is 11.9 Å². The van der Waals surface area contributed by atoms with Gasteiger partial charge >= 0.3 is 5.97 Å². The number of aromatic nitrogens is 1. The fourth-order valence-corrected chi connectivity index (χ4v) is 3.79. The number of halogens is 1. The second-order valence-electron chi connectivity index (χ2n) is 6.23. The molecule has 1 aromatic carbocycles. The number of hydrogen-bond donors (Lipinski definition) is 1. The van der Waals surface area contributed by atoms with Crippen LogP contribution in [0.25, 0.3) is 0 Å². The van der Waals surface area contributed by atoms with Crippen LogP contribution in [0.15, 0.2) is 29.6 Å². The summed E-state index contributed by atoms with van der Waals surface area (Å²) in [7, 11) is 0. The number of carbonyl (C=O) groups is 2. The highest BCUT2D eigenvalue weighted by atomic mass is 32.1. The number of carbonyl (C=O) groups excluding carboxylic acids is 1. The fourth-order valence-electron chi connectivity index (χ4n) is 2.96. The summed E-state index contributed by atoms with van der Waals surface area (Å²) in [6.45, 7) is 0.885. The van der Waals surface area contributed by atoms with Crippen LogP contribution in [0.1, 0.15) is 29.1 Å². The standard InChI is InChI=1S/C18H19FN2O3S/c19-14-5-3-12(4-6-14)8-16-20-15(11-25-16)9-17(22)21-7-1-2-13(10-21)18(23)24/h3-6,11,13H,1-2,7-10H2,(H,23,24)/t13-/m1/s1. The highest BCUT2D eigenvalue weighted by Crippen LogP contribution is 2.19. The summed E-state index contributed by atoms with van der Waals surface area (Å²) in [4.78, 5) is 29.6. The van der Waals surface area contributed by atoms with E-state index in [9.17, 15) is 14.0 Å². The van der Waals surface area contributed by atoms with E-state index in [1.54, 1.807) is 17.0 Å². The van der Waals surface area contributed by atoms with Crippen LogP contribution >= 0.6 is 11.3 Å². The van der Waals surface area contributed by atoms with Crippen LogP contribution in [-0.2, 0) is 22.4 Å². The summed E-state index contributed by atoms with van der Waals surface area (Å²) < 4.78 is 12.9. The molecule has 1 fully saturated rings. The maximum absolute atomic E-state index is 12.9. The third-order valence-electron chi connectivity index (χ3n) is 4.32. The van der Waals surface area contributed by atoms with Crippen molar-refractivity contribution in [1.29, 1.82) is 0 Å². The normalized spacial score (nSPS) is 17.5. The molecule has 0 radical (unpaired) electrons. The number of carboxylic acids is 1. The third-order valence-corrected chi connectivity index (χ3v) is 5.22. The van der Waals surface area contributed by atoms with E-state index in [1.807, 2.05) is 5.38 Å². The van der Waals surface area contributed by atoms with Crippen molar-refractivity contribution in [2.24, 2.45) is 5.92 Å². The molecule has 7 heteroatoms. The summed E-state index contributed by atoms with van der Waals surface area (Å²) in [6, 6.07) is 6.29. The number of thiazole rings is 1. The third kappa shape index (κ3) is 4.63. The van der Waals surface area contributed by atoms with Gasteiger partial charge in [0.15, 0.2) is 0 Å². The zero-order valence-corrected chi connectivity index (χ0v) is 14.5. The van der Waals surface area contributed by atoms with Crippen LogP contribution in [0, 0.1) is 11.7 Å². The van der Waals surface area contributed by atoms with Crippen LogP contribution in [-0.4, -0.2) is 40.0 Å². The Morgan fingerprint density at radius 1 is 1.32 bits per heavy atom. The SMILES string of the molecule is O=C(O)[C@@H]1CCCN(C(=O)Cc2csc(Cc3ccc(F)cc3)n2)C1. The minimum absolute atomic E-state index is 0.0791. The molecule has 1 aliphatic heterocycles. The summed E-state index contributed by atoms with van der Waals surface area (Å²) in [6.07, 6.45) is 2.13. The number of hydrogen-bond acceptors (Lipinski definition) is 4. The molecule has 1 atom stereocenters. The van der Waals surface area contributed by atoms with Crippen molar-refractivity contribution in [3.8, 4) is 0 Å². The van der Waals surface area contributed by atoms with Crippen LogP contribution in [0.4, 0.5) is 4.39 Å². The van der Waals surface area contributed by atoms with Gasteiger partial charge in [0, 0.05) is 24.9 Å². The molecule has 5 nitrogen and oxygen atoms in total. The minimum atomic E-state index is -0.840. The molecule has 1 saturated heterocycles. The highest BCUT2D eigenvalue weighted by Gasteiger charge is 2.28. The van der Waals surface area contributed by atoms with Gasteiger partial charge in [0.1, 0.15) is 5.82 Å². The summed E-state index contributed by atoms with van der Waals surface area (Å²) in [5.74, 6) is -1.66. The number of piperidine rings is 1. The molecule has 0 spiro atoms. The van der Waals surface area contributed by atoms with Crippen LogP contribution in [0.2, 0.25) is 0 Å². The molecule has 1 N–H and O–H groups in total. The van der Waals surface area contributed by atoms with Crippen molar-refractivity contribution >= 4 is 23.2 Å². The van der Waals surface area contributed by atoms with Crippen molar-refractivity contribution < 1.29 is 19.1 Å². The van der Waals surface area contributed by atoms with Gasteiger partial charge in [0.2, 0.25) is 5.91 Å². The topological polar surface area (TPSA) is 70.5 Å². The summed E-state index contributed by atoms with van der Waals surface area (Å²) in [5.41, 5.74) is 1.67. The lowest BCUT2D eigenvalue weighted by molar-refractivity contribution is -0.145. The lowest BCUT2D eigenvalue weighted by Crippen LogP contribution is -2.43. The number of carboxylic acid groups (broad SMARTS) is 1. The predicted molar refractivity (Wildman–Crippen MR) is 92.0 cm³/mol. The Bertz CT molecular complexity index is 760. The lowest BCUT2D eigenvalue weighted by atomic mass is 9.98. The fraction of sp³-hybridized carbons (Fsp3) is 0.389. The van der Waals surface area contributed by atoms with Crippen molar-refractivity contribution in [3.63, 3.8) is 0 Å². The molecule has 2 heterocycles. The molecular weight excluding hydrogens is 343 g/mol. The first-order valence-corrected chi connectivity index (χ1v) is 9.07. The molecular formula is C18H19FN2O3S. The lowest BCUT2D eigenvalue weighted by Gasteiger charge is -2.30. The van der Waals surface area contributed by atoms with E-state index in [2.05, 4.69) is 4.98 Å². The number of benzene rings is 1. The van der Waals surface area contributed by atoms with Gasteiger partial charge < -0.3 is 10.0 Å². The molecule has 2 aromatic rings. The minimum Gasteiger partial charge on any atom is -0.481 e. The van der Waals surface area contributed by atoms with Crippen molar-refractivity contribution in [2.75, 3.05) is 13.1 Å². The Labute approximate surface area is 149 Å².